The van der Waals surface area contributed by atoms with Crippen molar-refractivity contribution in [1.82, 2.24) is 4.90 Å². The summed E-state index contributed by atoms with van der Waals surface area (Å²) in [7, 11) is -3.43. The minimum absolute atomic E-state index is 0.329. The summed E-state index contributed by atoms with van der Waals surface area (Å²) in [6, 6.07) is 5.44. The zero-order valence-corrected chi connectivity index (χ0v) is 22.2. The van der Waals surface area contributed by atoms with Crippen LogP contribution in [-0.2, 0) is 32.5 Å². The average Bonchev–Trinajstić information content (AvgIpc) is 2.91. The Labute approximate surface area is 200 Å². The van der Waals surface area contributed by atoms with Crippen molar-refractivity contribution in [3.05, 3.63) is 29.3 Å². The van der Waals surface area contributed by atoms with Gasteiger partial charge in [-0.25, -0.2) is 13.2 Å². The van der Waals surface area contributed by atoms with Gasteiger partial charge in [0.1, 0.15) is 27.4 Å². The van der Waals surface area contributed by atoms with Crippen LogP contribution in [0.4, 0.5) is 10.5 Å². The second-order valence-corrected chi connectivity index (χ2v) is 14.6. The molecule has 1 spiro atoms. The number of hydrogen-bond donors (Lipinski definition) is 1. The van der Waals surface area contributed by atoms with Crippen LogP contribution in [-0.4, -0.2) is 59.4 Å². The largest absolute Gasteiger partial charge is 0.591 e. The first-order valence-electron chi connectivity index (χ1n) is 11.1. The van der Waals surface area contributed by atoms with Gasteiger partial charge in [-0.05, 0) is 78.5 Å². The molecule has 0 radical (unpaired) electrons. The maximum absolute atomic E-state index is 13.0. The number of sulfonamides is 1. The van der Waals surface area contributed by atoms with Crippen molar-refractivity contribution in [2.75, 3.05) is 24.1 Å². The van der Waals surface area contributed by atoms with Gasteiger partial charge in [0.05, 0.1) is 6.26 Å². The molecule has 0 saturated carbocycles. The standard InChI is InChI=1S/C23H35N3O5S2/c1-21(2,3)31-20(27)26-12-10-23(11-13-26)15-16-8-9-17(25-33(7,29)30)14-18(16)19(23)24-32(28)22(4,5)6/h8-9,14,25H,10-13,15H2,1-7H3. The second-order valence-electron chi connectivity index (χ2n) is 11.0. The third-order valence-corrected chi connectivity index (χ3v) is 7.77. The summed E-state index contributed by atoms with van der Waals surface area (Å²) in [5.41, 5.74) is 2.15. The van der Waals surface area contributed by atoms with E-state index in [0.29, 0.717) is 38.0 Å². The number of nitrogens with zero attached hydrogens (tertiary/aromatic N) is 2. The molecule has 1 heterocycles. The van der Waals surface area contributed by atoms with Crippen LogP contribution in [0.3, 0.4) is 0 Å². The molecule has 184 valence electrons. The number of ether oxygens (including phenoxy) is 1. The lowest BCUT2D eigenvalue weighted by Crippen LogP contribution is -2.47. The van der Waals surface area contributed by atoms with E-state index in [0.717, 1.165) is 23.1 Å². The highest BCUT2D eigenvalue weighted by molar-refractivity contribution is 7.92. The van der Waals surface area contributed by atoms with E-state index in [1.165, 1.54) is 0 Å². The molecule has 1 aromatic carbocycles. The lowest BCUT2D eigenvalue weighted by molar-refractivity contribution is 0.0159. The van der Waals surface area contributed by atoms with Crippen molar-refractivity contribution in [2.45, 2.75) is 71.2 Å². The fourth-order valence-electron chi connectivity index (χ4n) is 4.19. The highest BCUT2D eigenvalue weighted by Gasteiger charge is 2.48. The van der Waals surface area contributed by atoms with Crippen LogP contribution in [0.5, 0.6) is 0 Å². The molecule has 8 nitrogen and oxygen atoms in total. The maximum Gasteiger partial charge on any atom is 0.410 e. The number of amides is 1. The molecule has 1 unspecified atom stereocenters. The summed E-state index contributed by atoms with van der Waals surface area (Å²) in [6.45, 7) is 12.2. The first-order valence-corrected chi connectivity index (χ1v) is 14.1. The number of nitrogens with one attached hydrogen (secondary N) is 1. The molecule has 33 heavy (non-hydrogen) atoms. The van der Waals surface area contributed by atoms with Crippen LogP contribution in [0.15, 0.2) is 22.6 Å². The predicted octanol–water partition coefficient (Wildman–Crippen LogP) is 3.88. The molecule has 0 bridgehead atoms. The molecule has 0 aromatic heterocycles. The molecule has 1 aliphatic carbocycles. The van der Waals surface area contributed by atoms with Gasteiger partial charge in [-0.15, -0.1) is 0 Å². The van der Waals surface area contributed by atoms with E-state index in [4.69, 9.17) is 9.13 Å². The quantitative estimate of drug-likeness (QED) is 0.637. The van der Waals surface area contributed by atoms with Gasteiger partial charge in [0, 0.05) is 29.8 Å². The Kier molecular flexibility index (Phi) is 6.87. The Morgan fingerprint density at radius 3 is 2.30 bits per heavy atom. The van der Waals surface area contributed by atoms with E-state index in [1.54, 1.807) is 17.0 Å². The highest BCUT2D eigenvalue weighted by Crippen LogP contribution is 2.46. The first kappa shape index (κ1) is 25.8. The molecular formula is C23H35N3O5S2. The number of benzene rings is 1. The number of piperidine rings is 1. The highest BCUT2D eigenvalue weighted by atomic mass is 32.2. The normalized spacial score (nSPS) is 20.6. The topological polar surface area (TPSA) is 111 Å². The summed E-state index contributed by atoms with van der Waals surface area (Å²) in [5, 5.41) is 0. The first-order chi connectivity index (χ1) is 15.0. The smallest absolute Gasteiger partial charge is 0.410 e. The van der Waals surface area contributed by atoms with Gasteiger partial charge in [0.15, 0.2) is 0 Å². The number of rotatable bonds is 3. The van der Waals surface area contributed by atoms with Crippen molar-refractivity contribution in [3.8, 4) is 0 Å². The van der Waals surface area contributed by atoms with Crippen LogP contribution in [0.1, 0.15) is 65.5 Å². The second kappa shape index (κ2) is 8.78. The van der Waals surface area contributed by atoms with E-state index in [2.05, 4.69) is 4.72 Å². The molecule has 1 aromatic rings. The zero-order chi connectivity index (χ0) is 24.8. The molecule has 1 aliphatic heterocycles. The van der Waals surface area contributed by atoms with Crippen LogP contribution in [0, 0.1) is 5.41 Å². The Morgan fingerprint density at radius 1 is 1.18 bits per heavy atom. The summed E-state index contributed by atoms with van der Waals surface area (Å²) >= 11 is -1.47. The molecule has 1 fully saturated rings. The fourth-order valence-corrected chi connectivity index (χ4v) is 5.47. The molecule has 10 heteroatoms. The average molecular weight is 498 g/mol. The molecular weight excluding hydrogens is 462 g/mol. The van der Waals surface area contributed by atoms with E-state index in [-0.39, 0.29) is 11.5 Å². The number of hydrogen-bond acceptors (Lipinski definition) is 6. The van der Waals surface area contributed by atoms with E-state index in [1.807, 2.05) is 47.6 Å². The van der Waals surface area contributed by atoms with Gasteiger partial charge < -0.3 is 14.2 Å². The van der Waals surface area contributed by atoms with Gasteiger partial charge in [-0.1, -0.05) is 10.5 Å². The van der Waals surface area contributed by atoms with E-state index in [9.17, 15) is 17.8 Å². The number of carbonyl (C=O) groups excluding carboxylic acids is 1. The number of carbonyl (C=O) groups is 1. The predicted molar refractivity (Wildman–Crippen MR) is 133 cm³/mol. The van der Waals surface area contributed by atoms with E-state index < -0.39 is 31.7 Å². The lowest BCUT2D eigenvalue weighted by Gasteiger charge is -2.39. The molecule has 1 saturated heterocycles. The van der Waals surface area contributed by atoms with Crippen molar-refractivity contribution in [2.24, 2.45) is 9.81 Å². The van der Waals surface area contributed by atoms with Gasteiger partial charge in [-0.3, -0.25) is 4.72 Å². The van der Waals surface area contributed by atoms with Crippen LogP contribution >= 0.6 is 0 Å². The van der Waals surface area contributed by atoms with Gasteiger partial charge in [0.25, 0.3) is 0 Å². The molecule has 1 N–H and O–H groups in total. The van der Waals surface area contributed by atoms with E-state index >= 15 is 0 Å². The fraction of sp³-hybridized carbons (Fsp3) is 0.652. The monoisotopic (exact) mass is 497 g/mol. The lowest BCUT2D eigenvalue weighted by atomic mass is 9.74. The Hall–Kier alpha value is -1.78. The minimum atomic E-state index is -3.43. The Morgan fingerprint density at radius 2 is 1.79 bits per heavy atom. The number of anilines is 1. The van der Waals surface area contributed by atoms with Gasteiger partial charge >= 0.3 is 6.09 Å². The Balaban J connectivity index is 1.94. The SMILES string of the molecule is CC(C)(C)OC(=O)N1CCC2(CC1)Cc1ccc(NS(C)(=O)=O)cc1C2=N[S+]([O-])C(C)(C)C. The van der Waals surface area contributed by atoms with Crippen molar-refractivity contribution in [1.29, 1.82) is 0 Å². The van der Waals surface area contributed by atoms with Crippen molar-refractivity contribution < 1.29 is 22.5 Å². The summed E-state index contributed by atoms with van der Waals surface area (Å²) in [5.74, 6) is 0. The third kappa shape index (κ3) is 6.22. The van der Waals surface area contributed by atoms with Crippen LogP contribution < -0.4 is 4.72 Å². The number of fused-ring (bicyclic) bond motifs is 1. The Bertz CT molecular complexity index is 1050. The molecule has 1 amide bonds. The number of likely N-dealkylation sites (tertiary alicyclic amines) is 1. The molecule has 3 rings (SSSR count). The van der Waals surface area contributed by atoms with Crippen molar-refractivity contribution >= 4 is 38.9 Å². The third-order valence-electron chi connectivity index (χ3n) is 5.77. The summed E-state index contributed by atoms with van der Waals surface area (Å²) in [6.07, 6.45) is 2.82. The van der Waals surface area contributed by atoms with Gasteiger partial charge in [0.2, 0.25) is 10.0 Å². The minimum Gasteiger partial charge on any atom is -0.591 e. The molecule has 1 atom stereocenters. The van der Waals surface area contributed by atoms with Crippen LogP contribution in [0.2, 0.25) is 0 Å². The van der Waals surface area contributed by atoms with Gasteiger partial charge in [-0.2, -0.15) is 0 Å². The van der Waals surface area contributed by atoms with Crippen LogP contribution in [0.25, 0.3) is 0 Å². The maximum atomic E-state index is 13.0. The molecule has 2 aliphatic rings. The zero-order valence-electron chi connectivity index (χ0n) is 20.5. The summed E-state index contributed by atoms with van der Waals surface area (Å²) in [4.78, 5) is 14.3. The van der Waals surface area contributed by atoms with Crippen molar-refractivity contribution in [3.63, 3.8) is 0 Å². The summed E-state index contributed by atoms with van der Waals surface area (Å²) < 4.78 is 48.8.